The lowest BCUT2D eigenvalue weighted by Gasteiger charge is -2.43. The summed E-state index contributed by atoms with van der Waals surface area (Å²) < 4.78 is 0. The van der Waals surface area contributed by atoms with Crippen molar-refractivity contribution in [2.45, 2.75) is 88.5 Å². The van der Waals surface area contributed by atoms with E-state index in [2.05, 4.69) is 25.8 Å². The Hall–Kier alpha value is -1.69. The monoisotopic (exact) mass is 372 g/mol. The molecule has 2 aliphatic carbocycles. The molecule has 2 heterocycles. The molecule has 2 fully saturated rings. The smallest absolute Gasteiger partial charge is 0.254 e. The Bertz CT molecular complexity index is 816. The van der Waals surface area contributed by atoms with Gasteiger partial charge < -0.3 is 15.6 Å². The molecule has 3 aliphatic rings. The number of amides is 1. The molecule has 1 aliphatic heterocycles. The largest absolute Gasteiger partial charge is 0.340 e. The summed E-state index contributed by atoms with van der Waals surface area (Å²) in [5.74, 6) is 0.843. The summed E-state index contributed by atoms with van der Waals surface area (Å²) in [4.78, 5) is 35.8. The van der Waals surface area contributed by atoms with E-state index in [-0.39, 0.29) is 22.3 Å². The van der Waals surface area contributed by atoms with Crippen molar-refractivity contribution in [3.8, 4) is 0 Å². The van der Waals surface area contributed by atoms with Gasteiger partial charge in [0.15, 0.2) is 0 Å². The first kappa shape index (κ1) is 18.7. The average Bonchev–Trinajstić information content (AvgIpc) is 3.20. The van der Waals surface area contributed by atoms with Gasteiger partial charge >= 0.3 is 0 Å². The molecule has 1 amide bonds. The zero-order valence-electron chi connectivity index (χ0n) is 16.9. The molecule has 0 aromatic carbocycles. The van der Waals surface area contributed by atoms with E-state index in [9.17, 15) is 9.59 Å². The van der Waals surface area contributed by atoms with E-state index in [1.165, 1.54) is 0 Å². The second-order valence-electron chi connectivity index (χ2n) is 9.97. The SMILES string of the molecule is CC(C)(C)c1nc2c(c(=O)[nH]1)CCC21CCCN(C(=O)C2(N)CCCC2)C1. The maximum Gasteiger partial charge on any atom is 0.254 e. The summed E-state index contributed by atoms with van der Waals surface area (Å²) in [5, 5.41) is 0. The first-order valence-corrected chi connectivity index (χ1v) is 10.4. The highest BCUT2D eigenvalue weighted by atomic mass is 16.2. The fraction of sp³-hybridized carbons (Fsp3) is 0.762. The van der Waals surface area contributed by atoms with Crippen LogP contribution in [-0.4, -0.2) is 39.4 Å². The summed E-state index contributed by atoms with van der Waals surface area (Å²) >= 11 is 0. The van der Waals surface area contributed by atoms with Crippen molar-refractivity contribution in [2.24, 2.45) is 5.73 Å². The zero-order chi connectivity index (χ0) is 19.4. The lowest BCUT2D eigenvalue weighted by molar-refractivity contribution is -0.139. The van der Waals surface area contributed by atoms with Crippen LogP contribution in [0.2, 0.25) is 0 Å². The molecule has 1 atom stereocenters. The van der Waals surface area contributed by atoms with Crippen LogP contribution in [-0.2, 0) is 22.0 Å². The molecule has 3 N–H and O–H groups in total. The highest BCUT2D eigenvalue weighted by Crippen LogP contribution is 2.44. The number of hydrogen-bond acceptors (Lipinski definition) is 4. The van der Waals surface area contributed by atoms with Crippen molar-refractivity contribution in [2.75, 3.05) is 13.1 Å². The Morgan fingerprint density at radius 1 is 1.15 bits per heavy atom. The number of carbonyl (C=O) groups is 1. The third-order valence-corrected chi connectivity index (χ3v) is 6.87. The third kappa shape index (κ3) is 3.02. The Balaban J connectivity index is 1.68. The fourth-order valence-electron chi connectivity index (χ4n) is 5.24. The van der Waals surface area contributed by atoms with E-state index in [0.29, 0.717) is 6.54 Å². The Labute approximate surface area is 160 Å². The highest BCUT2D eigenvalue weighted by molar-refractivity contribution is 5.86. The van der Waals surface area contributed by atoms with E-state index in [0.717, 1.165) is 75.0 Å². The van der Waals surface area contributed by atoms with Crippen LogP contribution >= 0.6 is 0 Å². The Morgan fingerprint density at radius 3 is 2.52 bits per heavy atom. The number of hydrogen-bond donors (Lipinski definition) is 2. The van der Waals surface area contributed by atoms with Crippen molar-refractivity contribution in [1.29, 1.82) is 0 Å². The van der Waals surface area contributed by atoms with Crippen LogP contribution < -0.4 is 11.3 Å². The predicted molar refractivity (Wildman–Crippen MR) is 105 cm³/mol. The van der Waals surface area contributed by atoms with Crippen LogP contribution in [0.5, 0.6) is 0 Å². The number of fused-ring (bicyclic) bond motifs is 2. The Kier molecular flexibility index (Phi) is 4.26. The van der Waals surface area contributed by atoms with Gasteiger partial charge in [-0.15, -0.1) is 0 Å². The van der Waals surface area contributed by atoms with Crippen LogP contribution in [0.3, 0.4) is 0 Å². The van der Waals surface area contributed by atoms with Crippen LogP contribution in [0.1, 0.15) is 82.8 Å². The second-order valence-corrected chi connectivity index (χ2v) is 9.97. The molecule has 1 spiro atoms. The van der Waals surface area contributed by atoms with Crippen molar-refractivity contribution < 1.29 is 4.79 Å². The van der Waals surface area contributed by atoms with E-state index in [1.54, 1.807) is 0 Å². The molecule has 1 saturated carbocycles. The van der Waals surface area contributed by atoms with Crippen LogP contribution in [0.4, 0.5) is 0 Å². The summed E-state index contributed by atoms with van der Waals surface area (Å²) in [5.41, 5.74) is 7.13. The zero-order valence-corrected chi connectivity index (χ0v) is 16.9. The van der Waals surface area contributed by atoms with Gasteiger partial charge in [0.2, 0.25) is 5.91 Å². The van der Waals surface area contributed by atoms with Gasteiger partial charge in [0.1, 0.15) is 5.82 Å². The van der Waals surface area contributed by atoms with Gasteiger partial charge in [-0.3, -0.25) is 9.59 Å². The number of nitrogens with zero attached hydrogens (tertiary/aromatic N) is 2. The van der Waals surface area contributed by atoms with Gasteiger partial charge in [-0.2, -0.15) is 0 Å². The van der Waals surface area contributed by atoms with Gasteiger partial charge in [-0.1, -0.05) is 33.6 Å². The molecule has 1 unspecified atom stereocenters. The van der Waals surface area contributed by atoms with Crippen LogP contribution in [0.15, 0.2) is 4.79 Å². The van der Waals surface area contributed by atoms with E-state index < -0.39 is 5.54 Å². The maximum absolute atomic E-state index is 13.2. The maximum atomic E-state index is 13.2. The summed E-state index contributed by atoms with van der Waals surface area (Å²) in [6, 6.07) is 0. The van der Waals surface area contributed by atoms with Gasteiger partial charge in [0.25, 0.3) is 5.56 Å². The molecule has 6 heteroatoms. The fourth-order valence-corrected chi connectivity index (χ4v) is 5.24. The van der Waals surface area contributed by atoms with Gasteiger partial charge in [0.05, 0.1) is 11.2 Å². The molecule has 1 aromatic rings. The minimum atomic E-state index is -0.682. The third-order valence-electron chi connectivity index (χ3n) is 6.87. The molecule has 4 rings (SSSR count). The molecule has 0 bridgehead atoms. The topological polar surface area (TPSA) is 92.1 Å². The van der Waals surface area contributed by atoms with Crippen molar-refractivity contribution in [3.63, 3.8) is 0 Å². The highest BCUT2D eigenvalue weighted by Gasteiger charge is 2.48. The number of nitrogens with two attached hydrogens (primary N) is 1. The summed E-state index contributed by atoms with van der Waals surface area (Å²) in [6.45, 7) is 7.61. The predicted octanol–water partition coefficient (Wildman–Crippen LogP) is 2.15. The Morgan fingerprint density at radius 2 is 1.85 bits per heavy atom. The number of likely N-dealkylation sites (tertiary alicyclic amines) is 1. The first-order chi connectivity index (χ1) is 12.6. The number of nitrogens with one attached hydrogen (secondary N) is 1. The normalized spacial score (nSPS) is 27.2. The molecule has 27 heavy (non-hydrogen) atoms. The minimum Gasteiger partial charge on any atom is -0.340 e. The van der Waals surface area contributed by atoms with Crippen molar-refractivity contribution in [1.82, 2.24) is 14.9 Å². The lowest BCUT2D eigenvalue weighted by atomic mass is 9.76. The van der Waals surface area contributed by atoms with Crippen molar-refractivity contribution in [3.05, 3.63) is 27.4 Å². The van der Waals surface area contributed by atoms with Gasteiger partial charge in [-0.25, -0.2) is 4.98 Å². The minimum absolute atomic E-state index is 0.00339. The number of carbonyl (C=O) groups excluding carboxylic acids is 1. The quantitative estimate of drug-likeness (QED) is 0.790. The number of H-pyrrole nitrogens is 1. The molecular weight excluding hydrogens is 340 g/mol. The molecule has 6 nitrogen and oxygen atoms in total. The van der Waals surface area contributed by atoms with Gasteiger partial charge in [0, 0.05) is 29.5 Å². The van der Waals surface area contributed by atoms with Crippen LogP contribution in [0, 0.1) is 0 Å². The molecule has 1 aromatic heterocycles. The van der Waals surface area contributed by atoms with Gasteiger partial charge in [-0.05, 0) is 38.5 Å². The molecule has 1 saturated heterocycles. The lowest BCUT2D eigenvalue weighted by Crippen LogP contribution is -2.58. The van der Waals surface area contributed by atoms with Crippen LogP contribution in [0.25, 0.3) is 0 Å². The second kappa shape index (κ2) is 6.16. The summed E-state index contributed by atoms with van der Waals surface area (Å²) in [7, 11) is 0. The van der Waals surface area contributed by atoms with Crippen molar-refractivity contribution >= 4 is 5.91 Å². The number of aromatic nitrogens is 2. The molecular formula is C21H32N4O2. The van der Waals surface area contributed by atoms with E-state index in [1.807, 2.05) is 4.90 Å². The first-order valence-electron chi connectivity index (χ1n) is 10.4. The molecule has 0 radical (unpaired) electrons. The van der Waals surface area contributed by atoms with E-state index in [4.69, 9.17) is 10.7 Å². The molecule has 148 valence electrons. The summed E-state index contributed by atoms with van der Waals surface area (Å²) in [6.07, 6.45) is 7.23. The number of aromatic amines is 1. The number of rotatable bonds is 1. The van der Waals surface area contributed by atoms with E-state index >= 15 is 0 Å². The number of piperidine rings is 1. The average molecular weight is 373 g/mol. The standard InChI is InChI=1S/C21H32N4O2/c1-19(2,3)17-23-15-14(16(26)24-17)7-11-20(15)8-6-12-25(13-20)18(27)21(22)9-4-5-10-21/h4-13,22H2,1-3H3,(H,23,24,26).